The summed E-state index contributed by atoms with van der Waals surface area (Å²) in [5.74, 6) is -5.75. The van der Waals surface area contributed by atoms with Gasteiger partial charge in [0.25, 0.3) is 11.8 Å². The maximum absolute atomic E-state index is 13.6. The Kier molecular flexibility index (Phi) is 5.55. The molecular weight excluding hydrogens is 422 g/mol. The van der Waals surface area contributed by atoms with E-state index in [0.717, 1.165) is 0 Å². The smallest absolute Gasteiger partial charge is 0.266 e. The first-order valence-electron chi connectivity index (χ1n) is 10.0. The van der Waals surface area contributed by atoms with Gasteiger partial charge in [0, 0.05) is 37.7 Å². The predicted molar refractivity (Wildman–Crippen MR) is 108 cm³/mol. The SMILES string of the molecule is O=C(NCC1CCCC(F)(F)C1)c1c(Cl)ccc2nc(N3CCC(F)(F)C3)ccc12. The maximum atomic E-state index is 13.6. The van der Waals surface area contributed by atoms with E-state index in [9.17, 15) is 22.4 Å². The quantitative estimate of drug-likeness (QED) is 0.653. The summed E-state index contributed by atoms with van der Waals surface area (Å²) in [5, 5.41) is 3.43. The Labute approximate surface area is 176 Å². The third kappa shape index (κ3) is 4.48. The molecule has 1 saturated carbocycles. The normalized spacial score (nSPS) is 23.0. The van der Waals surface area contributed by atoms with Crippen LogP contribution in [0.25, 0.3) is 10.9 Å². The molecule has 1 atom stereocenters. The fraction of sp³-hybridized carbons (Fsp3) is 0.524. The topological polar surface area (TPSA) is 45.2 Å². The summed E-state index contributed by atoms with van der Waals surface area (Å²) in [5.41, 5.74) is 0.670. The van der Waals surface area contributed by atoms with Gasteiger partial charge in [-0.3, -0.25) is 4.79 Å². The molecule has 2 fully saturated rings. The van der Waals surface area contributed by atoms with Gasteiger partial charge in [0.05, 0.1) is 22.6 Å². The average Bonchev–Trinajstić information content (AvgIpc) is 3.05. The van der Waals surface area contributed by atoms with Crippen LogP contribution in [0.15, 0.2) is 24.3 Å². The van der Waals surface area contributed by atoms with Gasteiger partial charge in [-0.1, -0.05) is 11.6 Å². The molecule has 1 aromatic carbocycles. The molecule has 0 radical (unpaired) electrons. The Bertz CT molecular complexity index is 969. The maximum Gasteiger partial charge on any atom is 0.266 e. The molecule has 1 aliphatic heterocycles. The number of nitrogens with zero attached hydrogens (tertiary/aromatic N) is 2. The molecule has 2 aromatic rings. The number of nitrogens with one attached hydrogen (secondary N) is 1. The average molecular weight is 444 g/mol. The summed E-state index contributed by atoms with van der Waals surface area (Å²) in [6, 6.07) is 6.40. The third-order valence-corrected chi connectivity index (χ3v) is 6.13. The van der Waals surface area contributed by atoms with Gasteiger partial charge in [0.1, 0.15) is 5.82 Å². The number of alkyl halides is 4. The molecule has 1 unspecified atom stereocenters. The van der Waals surface area contributed by atoms with E-state index in [1.165, 1.54) is 11.0 Å². The van der Waals surface area contributed by atoms with Crippen LogP contribution in [0.2, 0.25) is 5.02 Å². The monoisotopic (exact) mass is 443 g/mol. The highest BCUT2D eigenvalue weighted by atomic mass is 35.5. The van der Waals surface area contributed by atoms with Crippen molar-refractivity contribution in [2.75, 3.05) is 24.5 Å². The number of rotatable bonds is 4. The molecule has 1 N–H and O–H groups in total. The zero-order valence-corrected chi connectivity index (χ0v) is 17.0. The van der Waals surface area contributed by atoms with Crippen molar-refractivity contribution in [1.29, 1.82) is 0 Å². The Balaban J connectivity index is 1.53. The van der Waals surface area contributed by atoms with Crippen LogP contribution in [0.5, 0.6) is 0 Å². The van der Waals surface area contributed by atoms with Crippen LogP contribution >= 0.6 is 11.6 Å². The number of amides is 1. The second-order valence-corrected chi connectivity index (χ2v) is 8.62. The van der Waals surface area contributed by atoms with Crippen LogP contribution in [0, 0.1) is 5.92 Å². The lowest BCUT2D eigenvalue weighted by Crippen LogP contribution is -2.35. The summed E-state index contributed by atoms with van der Waals surface area (Å²) >= 11 is 6.25. The summed E-state index contributed by atoms with van der Waals surface area (Å²) < 4.78 is 54.2. The lowest BCUT2D eigenvalue weighted by Gasteiger charge is -2.29. The Morgan fingerprint density at radius 2 is 1.97 bits per heavy atom. The first-order chi connectivity index (χ1) is 14.1. The van der Waals surface area contributed by atoms with Gasteiger partial charge in [0.2, 0.25) is 5.92 Å². The van der Waals surface area contributed by atoms with Gasteiger partial charge in [-0.05, 0) is 43.0 Å². The number of carbonyl (C=O) groups is 1. The van der Waals surface area contributed by atoms with Crippen molar-refractivity contribution in [3.05, 3.63) is 34.9 Å². The standard InChI is InChI=1S/C21H22ClF4N3O/c22-15-4-5-16-14(3-6-17(28-16)29-9-8-21(25,26)12-29)18(15)19(30)27-11-13-2-1-7-20(23,24)10-13/h3-6,13H,1-2,7-12H2,(H,27,30). The minimum Gasteiger partial charge on any atom is -0.352 e. The molecule has 0 bridgehead atoms. The van der Waals surface area contributed by atoms with Crippen molar-refractivity contribution in [1.82, 2.24) is 10.3 Å². The van der Waals surface area contributed by atoms with Gasteiger partial charge in [-0.25, -0.2) is 22.5 Å². The van der Waals surface area contributed by atoms with Crippen molar-refractivity contribution in [3.63, 3.8) is 0 Å². The van der Waals surface area contributed by atoms with E-state index < -0.39 is 24.3 Å². The second kappa shape index (κ2) is 7.87. The second-order valence-electron chi connectivity index (χ2n) is 8.21. The largest absolute Gasteiger partial charge is 0.352 e. The summed E-state index contributed by atoms with van der Waals surface area (Å²) in [6.07, 6.45) is 0.516. The summed E-state index contributed by atoms with van der Waals surface area (Å²) in [7, 11) is 0. The van der Waals surface area contributed by atoms with Crippen LogP contribution in [-0.4, -0.2) is 42.4 Å². The van der Waals surface area contributed by atoms with Crippen LogP contribution < -0.4 is 10.2 Å². The molecule has 2 heterocycles. The zero-order chi connectivity index (χ0) is 21.5. The van der Waals surface area contributed by atoms with Crippen molar-refractivity contribution < 1.29 is 22.4 Å². The highest BCUT2D eigenvalue weighted by Gasteiger charge is 2.39. The molecule has 4 rings (SSSR count). The first kappa shape index (κ1) is 21.2. The van der Waals surface area contributed by atoms with Crippen LogP contribution in [0.4, 0.5) is 23.4 Å². The van der Waals surface area contributed by atoms with Crippen LogP contribution in [-0.2, 0) is 0 Å². The molecule has 9 heteroatoms. The minimum absolute atomic E-state index is 0.108. The van der Waals surface area contributed by atoms with Crippen molar-refractivity contribution >= 4 is 34.2 Å². The van der Waals surface area contributed by atoms with E-state index in [-0.39, 0.29) is 48.9 Å². The Hall–Kier alpha value is -2.09. The summed E-state index contributed by atoms with van der Waals surface area (Å²) in [6.45, 7) is -0.0353. The predicted octanol–water partition coefficient (Wildman–Crippen LogP) is 5.29. The fourth-order valence-electron chi connectivity index (χ4n) is 4.28. The zero-order valence-electron chi connectivity index (χ0n) is 16.2. The molecule has 1 aromatic heterocycles. The third-order valence-electron chi connectivity index (χ3n) is 5.82. The van der Waals surface area contributed by atoms with Crippen molar-refractivity contribution in [2.24, 2.45) is 5.92 Å². The molecule has 1 aliphatic carbocycles. The van der Waals surface area contributed by atoms with E-state index in [0.29, 0.717) is 29.6 Å². The van der Waals surface area contributed by atoms with Gasteiger partial charge < -0.3 is 10.2 Å². The molecule has 162 valence electrons. The minimum atomic E-state index is -2.74. The number of aromatic nitrogens is 1. The lowest BCUT2D eigenvalue weighted by atomic mass is 9.86. The van der Waals surface area contributed by atoms with Gasteiger partial charge in [-0.15, -0.1) is 0 Å². The van der Waals surface area contributed by atoms with E-state index in [1.54, 1.807) is 18.2 Å². The van der Waals surface area contributed by atoms with E-state index in [1.807, 2.05) is 0 Å². The first-order valence-corrected chi connectivity index (χ1v) is 10.4. The highest BCUT2D eigenvalue weighted by molar-refractivity contribution is 6.35. The number of benzene rings is 1. The number of hydrogen-bond donors (Lipinski definition) is 1. The molecule has 4 nitrogen and oxygen atoms in total. The molecule has 30 heavy (non-hydrogen) atoms. The molecular formula is C21H22ClF4N3O. The van der Waals surface area contributed by atoms with Crippen molar-refractivity contribution in [2.45, 2.75) is 43.9 Å². The molecule has 0 spiro atoms. The van der Waals surface area contributed by atoms with Crippen molar-refractivity contribution in [3.8, 4) is 0 Å². The number of hydrogen-bond acceptors (Lipinski definition) is 3. The Morgan fingerprint density at radius 1 is 1.17 bits per heavy atom. The Morgan fingerprint density at radius 3 is 2.67 bits per heavy atom. The van der Waals surface area contributed by atoms with Gasteiger partial charge >= 0.3 is 0 Å². The molecule has 1 saturated heterocycles. The fourth-order valence-corrected chi connectivity index (χ4v) is 4.53. The lowest BCUT2D eigenvalue weighted by molar-refractivity contribution is -0.0518. The van der Waals surface area contributed by atoms with Crippen LogP contribution in [0.1, 0.15) is 42.5 Å². The number of pyridine rings is 1. The van der Waals surface area contributed by atoms with Gasteiger partial charge in [-0.2, -0.15) is 0 Å². The highest BCUT2D eigenvalue weighted by Crippen LogP contribution is 2.36. The van der Waals surface area contributed by atoms with E-state index >= 15 is 0 Å². The number of halogens is 5. The number of carbonyl (C=O) groups excluding carboxylic acids is 1. The number of fused-ring (bicyclic) bond motifs is 1. The van der Waals surface area contributed by atoms with Crippen LogP contribution in [0.3, 0.4) is 0 Å². The molecule has 1 amide bonds. The van der Waals surface area contributed by atoms with Gasteiger partial charge in [0.15, 0.2) is 0 Å². The number of anilines is 1. The van der Waals surface area contributed by atoms with E-state index in [4.69, 9.17) is 11.6 Å². The summed E-state index contributed by atoms with van der Waals surface area (Å²) in [4.78, 5) is 18.7. The van der Waals surface area contributed by atoms with E-state index in [2.05, 4.69) is 10.3 Å². The molecule has 2 aliphatic rings.